The number of hydrogen-bond acceptors (Lipinski definition) is 4. The number of rotatable bonds is 3. The van der Waals surface area contributed by atoms with E-state index in [2.05, 4.69) is 26.0 Å². The SMILES string of the molecule is CC1CC(NS(=O)(=O)c2cc(Br)cc(C#N)c2)CCN1.Cl. The summed E-state index contributed by atoms with van der Waals surface area (Å²) < 4.78 is 28.0. The minimum atomic E-state index is -3.60. The van der Waals surface area contributed by atoms with Crippen molar-refractivity contribution in [2.75, 3.05) is 6.54 Å². The van der Waals surface area contributed by atoms with Gasteiger partial charge in [-0.15, -0.1) is 12.4 Å². The molecule has 1 aromatic carbocycles. The third-order valence-electron chi connectivity index (χ3n) is 3.26. The van der Waals surface area contributed by atoms with E-state index in [4.69, 9.17) is 5.26 Å². The zero-order valence-corrected chi connectivity index (χ0v) is 14.7. The monoisotopic (exact) mass is 393 g/mol. The van der Waals surface area contributed by atoms with Gasteiger partial charge in [0.2, 0.25) is 10.0 Å². The topological polar surface area (TPSA) is 82.0 Å². The van der Waals surface area contributed by atoms with Gasteiger partial charge in [-0.05, 0) is 44.5 Å². The number of benzene rings is 1. The van der Waals surface area contributed by atoms with Gasteiger partial charge in [0.15, 0.2) is 0 Å². The summed E-state index contributed by atoms with van der Waals surface area (Å²) in [5, 5.41) is 12.2. The van der Waals surface area contributed by atoms with E-state index in [0.29, 0.717) is 16.1 Å². The molecular formula is C13H17BrClN3O2S. The fourth-order valence-corrected chi connectivity index (χ4v) is 4.31. The van der Waals surface area contributed by atoms with Crippen molar-refractivity contribution in [1.29, 1.82) is 5.26 Å². The lowest BCUT2D eigenvalue weighted by Crippen LogP contribution is -2.46. The van der Waals surface area contributed by atoms with E-state index in [1.807, 2.05) is 13.0 Å². The van der Waals surface area contributed by atoms with Crippen LogP contribution in [-0.2, 0) is 10.0 Å². The second kappa shape index (κ2) is 7.56. The summed E-state index contributed by atoms with van der Waals surface area (Å²) in [5.41, 5.74) is 0.318. The molecule has 116 valence electrons. The Balaban J connectivity index is 0.00000220. The van der Waals surface area contributed by atoms with E-state index in [1.54, 1.807) is 6.07 Å². The van der Waals surface area contributed by atoms with Gasteiger partial charge in [-0.3, -0.25) is 0 Å². The molecule has 2 rings (SSSR count). The maximum atomic E-state index is 12.4. The van der Waals surface area contributed by atoms with Gasteiger partial charge in [-0.1, -0.05) is 15.9 Å². The molecule has 5 nitrogen and oxygen atoms in total. The van der Waals surface area contributed by atoms with Crippen LogP contribution < -0.4 is 10.0 Å². The van der Waals surface area contributed by atoms with Crippen LogP contribution in [-0.4, -0.2) is 27.0 Å². The van der Waals surface area contributed by atoms with E-state index in [9.17, 15) is 8.42 Å². The molecule has 0 amide bonds. The molecule has 0 bridgehead atoms. The smallest absolute Gasteiger partial charge is 0.240 e. The molecule has 0 radical (unpaired) electrons. The van der Waals surface area contributed by atoms with Crippen molar-refractivity contribution in [3.63, 3.8) is 0 Å². The normalized spacial score (nSPS) is 22.1. The van der Waals surface area contributed by atoms with Gasteiger partial charge in [0.25, 0.3) is 0 Å². The minimum Gasteiger partial charge on any atom is -0.314 e. The molecule has 2 unspecified atom stereocenters. The number of piperidine rings is 1. The van der Waals surface area contributed by atoms with Gasteiger partial charge in [0, 0.05) is 16.6 Å². The van der Waals surface area contributed by atoms with E-state index < -0.39 is 10.0 Å². The lowest BCUT2D eigenvalue weighted by molar-refractivity contribution is 0.361. The Labute approximate surface area is 139 Å². The second-order valence-corrected chi connectivity index (χ2v) is 7.61. The predicted octanol–water partition coefficient (Wildman–Crippen LogP) is 2.16. The van der Waals surface area contributed by atoms with Crippen LogP contribution >= 0.6 is 28.3 Å². The summed E-state index contributed by atoms with van der Waals surface area (Å²) in [4.78, 5) is 0.120. The zero-order valence-electron chi connectivity index (χ0n) is 11.5. The van der Waals surface area contributed by atoms with E-state index in [1.165, 1.54) is 12.1 Å². The summed E-state index contributed by atoms with van der Waals surface area (Å²) in [6.07, 6.45) is 1.53. The van der Waals surface area contributed by atoms with Gasteiger partial charge in [-0.2, -0.15) is 5.26 Å². The molecule has 0 spiro atoms. The molecular weight excluding hydrogens is 378 g/mol. The number of nitrogens with one attached hydrogen (secondary N) is 2. The molecule has 1 aliphatic heterocycles. The lowest BCUT2D eigenvalue weighted by Gasteiger charge is -2.28. The van der Waals surface area contributed by atoms with Crippen LogP contribution in [0.5, 0.6) is 0 Å². The van der Waals surface area contributed by atoms with Crippen molar-refractivity contribution in [3.05, 3.63) is 28.2 Å². The minimum absolute atomic E-state index is 0. The van der Waals surface area contributed by atoms with Crippen molar-refractivity contribution in [2.24, 2.45) is 0 Å². The van der Waals surface area contributed by atoms with Crippen LogP contribution in [0.2, 0.25) is 0 Å². The first kappa shape index (κ1) is 18.4. The van der Waals surface area contributed by atoms with Gasteiger partial charge in [0.1, 0.15) is 0 Å². The molecule has 1 fully saturated rings. The predicted molar refractivity (Wildman–Crippen MR) is 86.9 cm³/mol. The summed E-state index contributed by atoms with van der Waals surface area (Å²) in [6.45, 7) is 2.84. The first-order chi connectivity index (χ1) is 9.40. The molecule has 0 aromatic heterocycles. The molecule has 2 atom stereocenters. The van der Waals surface area contributed by atoms with E-state index >= 15 is 0 Å². The van der Waals surface area contributed by atoms with Crippen molar-refractivity contribution >= 4 is 38.4 Å². The molecule has 1 aromatic rings. The van der Waals surface area contributed by atoms with Crippen LogP contribution in [0, 0.1) is 11.3 Å². The third-order valence-corrected chi connectivity index (χ3v) is 5.21. The zero-order chi connectivity index (χ0) is 14.8. The maximum absolute atomic E-state index is 12.4. The van der Waals surface area contributed by atoms with Crippen LogP contribution in [0.4, 0.5) is 0 Å². The third kappa shape index (κ3) is 4.94. The van der Waals surface area contributed by atoms with Crippen LogP contribution in [0.15, 0.2) is 27.6 Å². The van der Waals surface area contributed by atoms with Gasteiger partial charge in [-0.25, -0.2) is 13.1 Å². The average molecular weight is 395 g/mol. The van der Waals surface area contributed by atoms with Crippen molar-refractivity contribution < 1.29 is 8.42 Å². The standard InChI is InChI=1S/C13H16BrN3O2S.ClH/c1-9-4-12(2-3-16-9)17-20(18,19)13-6-10(8-15)5-11(14)7-13;/h5-7,9,12,16-17H,2-4H2,1H3;1H. The Morgan fingerprint density at radius 2 is 2.14 bits per heavy atom. The first-order valence-electron chi connectivity index (χ1n) is 6.37. The van der Waals surface area contributed by atoms with Crippen LogP contribution in [0.1, 0.15) is 25.3 Å². The maximum Gasteiger partial charge on any atom is 0.240 e. The quantitative estimate of drug-likeness (QED) is 0.823. The largest absolute Gasteiger partial charge is 0.314 e. The number of nitrogens with zero attached hydrogens (tertiary/aromatic N) is 1. The Morgan fingerprint density at radius 3 is 2.76 bits per heavy atom. The average Bonchev–Trinajstić information content (AvgIpc) is 2.37. The summed E-state index contributed by atoms with van der Waals surface area (Å²) >= 11 is 3.23. The Bertz CT molecular complexity index is 645. The Morgan fingerprint density at radius 1 is 1.43 bits per heavy atom. The highest BCUT2D eigenvalue weighted by Gasteiger charge is 2.24. The highest BCUT2D eigenvalue weighted by Crippen LogP contribution is 2.20. The van der Waals surface area contributed by atoms with Gasteiger partial charge in [0.05, 0.1) is 16.5 Å². The second-order valence-electron chi connectivity index (χ2n) is 4.99. The molecule has 0 saturated carbocycles. The molecule has 8 heteroatoms. The van der Waals surface area contributed by atoms with E-state index in [-0.39, 0.29) is 23.3 Å². The van der Waals surface area contributed by atoms with Crippen LogP contribution in [0.25, 0.3) is 0 Å². The van der Waals surface area contributed by atoms with Crippen LogP contribution in [0.3, 0.4) is 0 Å². The fraction of sp³-hybridized carbons (Fsp3) is 0.462. The highest BCUT2D eigenvalue weighted by atomic mass is 79.9. The van der Waals surface area contributed by atoms with E-state index in [0.717, 1.165) is 19.4 Å². The molecule has 0 aliphatic carbocycles. The summed E-state index contributed by atoms with van der Waals surface area (Å²) in [5.74, 6) is 0. The Kier molecular flexibility index (Phi) is 6.63. The number of nitriles is 1. The van der Waals surface area contributed by atoms with Crippen molar-refractivity contribution in [2.45, 2.75) is 36.7 Å². The van der Waals surface area contributed by atoms with Gasteiger partial charge < -0.3 is 5.32 Å². The number of halogens is 2. The van der Waals surface area contributed by atoms with Crippen molar-refractivity contribution in [3.8, 4) is 6.07 Å². The molecule has 1 aliphatic rings. The van der Waals surface area contributed by atoms with Crippen molar-refractivity contribution in [1.82, 2.24) is 10.0 Å². The first-order valence-corrected chi connectivity index (χ1v) is 8.65. The lowest BCUT2D eigenvalue weighted by atomic mass is 10.0. The highest BCUT2D eigenvalue weighted by molar-refractivity contribution is 9.10. The molecule has 21 heavy (non-hydrogen) atoms. The number of hydrogen-bond donors (Lipinski definition) is 2. The van der Waals surface area contributed by atoms with Gasteiger partial charge >= 0.3 is 0 Å². The number of sulfonamides is 1. The molecule has 1 saturated heterocycles. The fourth-order valence-electron chi connectivity index (χ4n) is 2.31. The molecule has 2 N–H and O–H groups in total. The summed E-state index contributed by atoms with van der Waals surface area (Å²) in [6, 6.07) is 6.67. The Hall–Kier alpha value is -0.650. The molecule has 1 heterocycles. The summed E-state index contributed by atoms with van der Waals surface area (Å²) in [7, 11) is -3.60.